The summed E-state index contributed by atoms with van der Waals surface area (Å²) in [6.07, 6.45) is 0. The van der Waals surface area contributed by atoms with Gasteiger partial charge in [-0.1, -0.05) is 41.9 Å². The molecule has 0 aliphatic rings. The highest BCUT2D eigenvalue weighted by Crippen LogP contribution is 2.26. The highest BCUT2D eigenvalue weighted by Gasteiger charge is 2.19. The van der Waals surface area contributed by atoms with Crippen LogP contribution in [0.4, 0.5) is 0 Å². The smallest absolute Gasteiger partial charge is 0.185 e. The van der Waals surface area contributed by atoms with Crippen molar-refractivity contribution >= 4 is 29.0 Å². The van der Waals surface area contributed by atoms with Crippen molar-refractivity contribution in [2.45, 2.75) is 12.3 Å². The van der Waals surface area contributed by atoms with E-state index in [9.17, 15) is 4.79 Å². The Bertz CT molecular complexity index is 544. The molecule has 3 heteroatoms. The predicted octanol–water partition coefficient (Wildman–Crippen LogP) is 4.81. The van der Waals surface area contributed by atoms with Crippen LogP contribution in [0.2, 0.25) is 5.02 Å². The zero-order chi connectivity index (χ0) is 13.1. The van der Waals surface area contributed by atoms with Crippen LogP contribution in [0.5, 0.6) is 0 Å². The van der Waals surface area contributed by atoms with Gasteiger partial charge >= 0.3 is 0 Å². The van der Waals surface area contributed by atoms with E-state index < -0.39 is 5.38 Å². The number of carbonyl (C=O) groups is 1. The summed E-state index contributed by atoms with van der Waals surface area (Å²) in [5.41, 5.74) is 2.29. The summed E-state index contributed by atoms with van der Waals surface area (Å²) in [5, 5.41) is -0.126. The molecule has 0 N–H and O–H groups in total. The molecule has 2 rings (SSSR count). The lowest BCUT2D eigenvalue weighted by Gasteiger charge is -2.09. The van der Waals surface area contributed by atoms with Crippen molar-refractivity contribution in [3.63, 3.8) is 0 Å². The lowest BCUT2D eigenvalue weighted by Crippen LogP contribution is -2.07. The Labute approximate surface area is 116 Å². The second-order valence-corrected chi connectivity index (χ2v) is 5.03. The summed E-state index contributed by atoms with van der Waals surface area (Å²) in [6, 6.07) is 14.6. The number of hydrogen-bond donors (Lipinski definition) is 0. The minimum atomic E-state index is -0.677. The van der Waals surface area contributed by atoms with Crippen LogP contribution in [-0.2, 0) is 0 Å². The van der Waals surface area contributed by atoms with Crippen molar-refractivity contribution < 1.29 is 4.79 Å². The fraction of sp³-hybridized carbons (Fsp3) is 0.133. The zero-order valence-corrected chi connectivity index (χ0v) is 11.4. The van der Waals surface area contributed by atoms with E-state index in [-0.39, 0.29) is 5.78 Å². The van der Waals surface area contributed by atoms with Gasteiger partial charge in [-0.2, -0.15) is 0 Å². The van der Waals surface area contributed by atoms with E-state index in [0.717, 1.165) is 11.1 Å². The molecular weight excluding hydrogens is 267 g/mol. The molecule has 2 aromatic carbocycles. The number of ketones is 1. The average molecular weight is 279 g/mol. The average Bonchev–Trinajstić information content (AvgIpc) is 2.37. The Morgan fingerprint density at radius 2 is 1.78 bits per heavy atom. The molecule has 0 amide bonds. The molecule has 0 radical (unpaired) electrons. The monoisotopic (exact) mass is 278 g/mol. The van der Waals surface area contributed by atoms with Crippen molar-refractivity contribution in [3.05, 3.63) is 70.2 Å². The molecule has 0 bridgehead atoms. The summed E-state index contributed by atoms with van der Waals surface area (Å²) in [4.78, 5) is 12.3. The SMILES string of the molecule is Cc1cc(Cl)cc(C(=O)C(Cl)c2ccccc2)c1. The minimum Gasteiger partial charge on any atom is -0.292 e. The Morgan fingerprint density at radius 1 is 1.11 bits per heavy atom. The highest BCUT2D eigenvalue weighted by atomic mass is 35.5. The van der Waals surface area contributed by atoms with Gasteiger partial charge in [-0.25, -0.2) is 0 Å². The molecule has 92 valence electrons. The van der Waals surface area contributed by atoms with Gasteiger partial charge in [0.1, 0.15) is 5.38 Å². The molecule has 0 aromatic heterocycles. The van der Waals surface area contributed by atoms with Gasteiger partial charge in [-0.05, 0) is 36.2 Å². The standard InChI is InChI=1S/C15H12Cl2O/c1-10-7-12(9-13(16)8-10)15(18)14(17)11-5-3-2-4-6-11/h2-9,14H,1H3. The van der Waals surface area contributed by atoms with Crippen molar-refractivity contribution in [2.75, 3.05) is 0 Å². The Kier molecular flexibility index (Phi) is 4.05. The summed E-state index contributed by atoms with van der Waals surface area (Å²) in [6.45, 7) is 1.90. The van der Waals surface area contributed by atoms with Crippen molar-refractivity contribution in [1.82, 2.24) is 0 Å². The van der Waals surface area contributed by atoms with E-state index in [1.54, 1.807) is 12.1 Å². The van der Waals surface area contributed by atoms with Gasteiger partial charge in [0.25, 0.3) is 0 Å². The summed E-state index contributed by atoms with van der Waals surface area (Å²) in [7, 11) is 0. The van der Waals surface area contributed by atoms with Crippen LogP contribution in [0.1, 0.15) is 26.9 Å². The first-order valence-corrected chi connectivity index (χ1v) is 6.40. The zero-order valence-electron chi connectivity index (χ0n) is 9.86. The second-order valence-electron chi connectivity index (χ2n) is 4.15. The predicted molar refractivity (Wildman–Crippen MR) is 75.6 cm³/mol. The molecule has 18 heavy (non-hydrogen) atoms. The third-order valence-corrected chi connectivity index (χ3v) is 3.32. The summed E-state index contributed by atoms with van der Waals surface area (Å²) < 4.78 is 0. The Morgan fingerprint density at radius 3 is 2.39 bits per heavy atom. The minimum absolute atomic E-state index is 0.131. The second kappa shape index (κ2) is 5.55. The van der Waals surface area contributed by atoms with E-state index in [2.05, 4.69) is 0 Å². The fourth-order valence-corrected chi connectivity index (χ4v) is 2.36. The maximum Gasteiger partial charge on any atom is 0.185 e. The number of aryl methyl sites for hydroxylation is 1. The van der Waals surface area contributed by atoms with E-state index in [4.69, 9.17) is 23.2 Å². The molecule has 2 aromatic rings. The van der Waals surface area contributed by atoms with Crippen LogP contribution in [0.15, 0.2) is 48.5 Å². The molecule has 1 atom stereocenters. The molecule has 0 aliphatic carbocycles. The van der Waals surface area contributed by atoms with Crippen molar-refractivity contribution in [1.29, 1.82) is 0 Å². The molecule has 0 saturated heterocycles. The quantitative estimate of drug-likeness (QED) is 0.582. The van der Waals surface area contributed by atoms with Crippen LogP contribution < -0.4 is 0 Å². The highest BCUT2D eigenvalue weighted by molar-refractivity contribution is 6.35. The number of alkyl halides is 1. The first-order valence-electron chi connectivity index (χ1n) is 5.58. The molecule has 0 spiro atoms. The third kappa shape index (κ3) is 2.92. The van der Waals surface area contributed by atoms with Gasteiger partial charge in [-0.3, -0.25) is 4.79 Å². The largest absolute Gasteiger partial charge is 0.292 e. The van der Waals surface area contributed by atoms with Crippen molar-refractivity contribution in [2.24, 2.45) is 0 Å². The Hall–Kier alpha value is -1.31. The van der Waals surface area contributed by atoms with E-state index in [1.165, 1.54) is 0 Å². The van der Waals surface area contributed by atoms with Crippen LogP contribution in [0, 0.1) is 6.92 Å². The number of hydrogen-bond acceptors (Lipinski definition) is 1. The fourth-order valence-electron chi connectivity index (χ4n) is 1.80. The summed E-state index contributed by atoms with van der Waals surface area (Å²) in [5.74, 6) is -0.131. The molecule has 1 nitrogen and oxygen atoms in total. The van der Waals surface area contributed by atoms with Gasteiger partial charge in [-0.15, -0.1) is 11.6 Å². The first-order chi connectivity index (χ1) is 8.58. The molecule has 1 unspecified atom stereocenters. The lowest BCUT2D eigenvalue weighted by atomic mass is 10.0. The van der Waals surface area contributed by atoms with Crippen LogP contribution in [0.25, 0.3) is 0 Å². The molecular formula is C15H12Cl2O. The third-order valence-electron chi connectivity index (χ3n) is 2.65. The van der Waals surface area contributed by atoms with Crippen LogP contribution >= 0.6 is 23.2 Å². The van der Waals surface area contributed by atoms with Gasteiger partial charge < -0.3 is 0 Å². The summed E-state index contributed by atoms with van der Waals surface area (Å²) >= 11 is 12.2. The van der Waals surface area contributed by atoms with Gasteiger partial charge in [0.15, 0.2) is 5.78 Å². The van der Waals surface area contributed by atoms with Gasteiger partial charge in [0.05, 0.1) is 0 Å². The normalized spacial score (nSPS) is 12.2. The van der Waals surface area contributed by atoms with E-state index >= 15 is 0 Å². The molecule has 0 aliphatic heterocycles. The number of Topliss-reactive ketones (excluding diaryl/α,β-unsaturated/α-hetero) is 1. The topological polar surface area (TPSA) is 17.1 Å². The van der Waals surface area contributed by atoms with Crippen molar-refractivity contribution in [3.8, 4) is 0 Å². The van der Waals surface area contributed by atoms with E-state index in [0.29, 0.717) is 10.6 Å². The van der Waals surface area contributed by atoms with Gasteiger partial charge in [0, 0.05) is 10.6 Å². The molecule has 0 fully saturated rings. The van der Waals surface area contributed by atoms with Crippen LogP contribution in [-0.4, -0.2) is 5.78 Å². The number of halogens is 2. The van der Waals surface area contributed by atoms with Gasteiger partial charge in [0.2, 0.25) is 0 Å². The van der Waals surface area contributed by atoms with Crippen LogP contribution in [0.3, 0.4) is 0 Å². The molecule has 0 saturated carbocycles. The number of rotatable bonds is 3. The maximum absolute atomic E-state index is 12.3. The number of benzene rings is 2. The lowest BCUT2D eigenvalue weighted by molar-refractivity contribution is 0.0987. The number of carbonyl (C=O) groups excluding carboxylic acids is 1. The first kappa shape index (κ1) is 13.1. The molecule has 0 heterocycles. The Balaban J connectivity index is 2.31. The van der Waals surface area contributed by atoms with E-state index in [1.807, 2.05) is 43.3 Å². The maximum atomic E-state index is 12.3.